The number of amides is 2. The van der Waals surface area contributed by atoms with E-state index in [-0.39, 0.29) is 5.91 Å². The van der Waals surface area contributed by atoms with Gasteiger partial charge in [0.1, 0.15) is 11.6 Å². The number of carbonyl (C=O) groups excluding carboxylic acids is 2. The first kappa shape index (κ1) is 19.6. The van der Waals surface area contributed by atoms with Gasteiger partial charge in [0.25, 0.3) is 0 Å². The fraction of sp³-hybridized carbons (Fsp3) is 0.579. The Bertz CT molecular complexity index is 627. The van der Waals surface area contributed by atoms with Gasteiger partial charge in [-0.1, -0.05) is 23.7 Å². The van der Waals surface area contributed by atoms with Crippen molar-refractivity contribution in [1.29, 1.82) is 0 Å². The van der Waals surface area contributed by atoms with E-state index in [0.717, 1.165) is 18.4 Å². The van der Waals surface area contributed by atoms with Crippen molar-refractivity contribution in [2.24, 2.45) is 0 Å². The Morgan fingerprint density at radius 3 is 2.68 bits per heavy atom. The van der Waals surface area contributed by atoms with E-state index in [0.29, 0.717) is 24.5 Å². The van der Waals surface area contributed by atoms with Crippen molar-refractivity contribution in [3.8, 4) is 0 Å². The molecular weight excluding hydrogens is 340 g/mol. The molecule has 1 atom stereocenters. The monoisotopic (exact) mass is 366 g/mol. The molecule has 1 aliphatic rings. The molecule has 6 heteroatoms. The quantitative estimate of drug-likeness (QED) is 0.809. The first-order valence-electron chi connectivity index (χ1n) is 8.66. The number of nitrogens with zero attached hydrogens (tertiary/aromatic N) is 2. The van der Waals surface area contributed by atoms with Crippen LogP contribution >= 0.6 is 11.6 Å². The Kier molecular flexibility index (Phi) is 6.33. The first-order chi connectivity index (χ1) is 11.7. The SMILES string of the molecule is CN(Cc1cccc(Cl)c1)C(=O)[C@@H]1CCCCN1C(=O)OC(C)(C)C. The van der Waals surface area contributed by atoms with Crippen LogP contribution in [0.5, 0.6) is 0 Å². The van der Waals surface area contributed by atoms with Crippen LogP contribution < -0.4 is 0 Å². The van der Waals surface area contributed by atoms with Gasteiger partial charge in [0.2, 0.25) is 5.91 Å². The number of rotatable bonds is 3. The fourth-order valence-electron chi connectivity index (χ4n) is 2.97. The van der Waals surface area contributed by atoms with Gasteiger partial charge in [-0.25, -0.2) is 4.79 Å². The highest BCUT2D eigenvalue weighted by Crippen LogP contribution is 2.22. The van der Waals surface area contributed by atoms with Gasteiger partial charge in [-0.15, -0.1) is 0 Å². The van der Waals surface area contributed by atoms with Crippen molar-refractivity contribution in [3.63, 3.8) is 0 Å². The molecule has 2 rings (SSSR count). The maximum absolute atomic E-state index is 12.9. The molecule has 25 heavy (non-hydrogen) atoms. The van der Waals surface area contributed by atoms with Crippen molar-refractivity contribution in [1.82, 2.24) is 9.80 Å². The lowest BCUT2D eigenvalue weighted by Crippen LogP contribution is -2.53. The summed E-state index contributed by atoms with van der Waals surface area (Å²) in [4.78, 5) is 28.6. The van der Waals surface area contributed by atoms with Crippen molar-refractivity contribution in [3.05, 3.63) is 34.9 Å². The third kappa shape index (κ3) is 5.63. The topological polar surface area (TPSA) is 49.9 Å². The summed E-state index contributed by atoms with van der Waals surface area (Å²) in [6.07, 6.45) is 2.07. The molecular formula is C19H27ClN2O3. The van der Waals surface area contributed by atoms with Gasteiger partial charge in [-0.3, -0.25) is 9.69 Å². The van der Waals surface area contributed by atoms with Crippen LogP contribution in [0.2, 0.25) is 5.02 Å². The molecule has 5 nitrogen and oxygen atoms in total. The average molecular weight is 367 g/mol. The molecule has 138 valence electrons. The highest BCUT2D eigenvalue weighted by Gasteiger charge is 2.36. The van der Waals surface area contributed by atoms with E-state index in [4.69, 9.17) is 16.3 Å². The third-order valence-electron chi connectivity index (χ3n) is 4.10. The number of carbonyl (C=O) groups is 2. The summed E-state index contributed by atoms with van der Waals surface area (Å²) in [5.41, 5.74) is 0.387. The molecule has 2 amide bonds. The molecule has 0 radical (unpaired) electrons. The zero-order chi connectivity index (χ0) is 18.6. The predicted octanol–water partition coefficient (Wildman–Crippen LogP) is 4.09. The second kappa shape index (κ2) is 8.09. The molecule has 0 spiro atoms. The second-order valence-electron chi connectivity index (χ2n) is 7.51. The fourth-order valence-corrected chi connectivity index (χ4v) is 3.18. The van der Waals surface area contributed by atoms with Crippen LogP contribution in [0.15, 0.2) is 24.3 Å². The second-order valence-corrected chi connectivity index (χ2v) is 7.95. The van der Waals surface area contributed by atoms with Crippen LogP contribution in [0.4, 0.5) is 4.79 Å². The Morgan fingerprint density at radius 1 is 1.32 bits per heavy atom. The number of likely N-dealkylation sites (N-methyl/N-ethyl adjacent to an activating group) is 1. The van der Waals surface area contributed by atoms with E-state index in [1.54, 1.807) is 22.9 Å². The van der Waals surface area contributed by atoms with Crippen molar-refractivity contribution >= 4 is 23.6 Å². The van der Waals surface area contributed by atoms with Gasteiger partial charge in [0, 0.05) is 25.2 Å². The van der Waals surface area contributed by atoms with Gasteiger partial charge in [0.15, 0.2) is 0 Å². The average Bonchev–Trinajstić information content (AvgIpc) is 2.52. The summed E-state index contributed by atoms with van der Waals surface area (Å²) in [5, 5.41) is 0.645. The lowest BCUT2D eigenvalue weighted by molar-refractivity contribution is -0.137. The van der Waals surface area contributed by atoms with Gasteiger partial charge < -0.3 is 9.64 Å². The third-order valence-corrected chi connectivity index (χ3v) is 4.34. The van der Waals surface area contributed by atoms with Crippen LogP contribution in [-0.2, 0) is 16.1 Å². The van der Waals surface area contributed by atoms with E-state index in [9.17, 15) is 9.59 Å². The number of hydrogen-bond acceptors (Lipinski definition) is 3. The van der Waals surface area contributed by atoms with Gasteiger partial charge in [0.05, 0.1) is 0 Å². The van der Waals surface area contributed by atoms with Crippen LogP contribution in [0.25, 0.3) is 0 Å². The molecule has 0 N–H and O–H groups in total. The number of piperidine rings is 1. The molecule has 0 aliphatic carbocycles. The number of ether oxygens (including phenoxy) is 1. The Morgan fingerprint density at radius 2 is 2.04 bits per heavy atom. The number of halogens is 1. The largest absolute Gasteiger partial charge is 0.444 e. The summed E-state index contributed by atoms with van der Waals surface area (Å²) in [6, 6.07) is 6.98. The predicted molar refractivity (Wildman–Crippen MR) is 98.5 cm³/mol. The molecule has 0 saturated carbocycles. The van der Waals surface area contributed by atoms with E-state index in [1.807, 2.05) is 39.0 Å². The van der Waals surface area contributed by atoms with Gasteiger partial charge in [-0.2, -0.15) is 0 Å². The zero-order valence-corrected chi connectivity index (χ0v) is 16.2. The van der Waals surface area contributed by atoms with Crippen LogP contribution in [0.1, 0.15) is 45.6 Å². The molecule has 1 aliphatic heterocycles. The molecule has 0 aromatic heterocycles. The molecule has 1 heterocycles. The van der Waals surface area contributed by atoms with Gasteiger partial charge >= 0.3 is 6.09 Å². The highest BCUT2D eigenvalue weighted by molar-refractivity contribution is 6.30. The molecule has 0 unspecified atom stereocenters. The lowest BCUT2D eigenvalue weighted by atomic mass is 10.0. The maximum atomic E-state index is 12.9. The smallest absolute Gasteiger partial charge is 0.410 e. The van der Waals surface area contributed by atoms with E-state index < -0.39 is 17.7 Å². The standard InChI is InChI=1S/C19H27ClN2O3/c1-19(2,3)25-18(24)22-11-6-5-10-16(22)17(23)21(4)13-14-8-7-9-15(20)12-14/h7-9,12,16H,5-6,10-11,13H2,1-4H3/t16-/m0/s1. The number of benzene rings is 1. The Hall–Kier alpha value is -1.75. The minimum Gasteiger partial charge on any atom is -0.444 e. The van der Waals surface area contributed by atoms with E-state index in [1.165, 1.54) is 0 Å². The first-order valence-corrected chi connectivity index (χ1v) is 9.04. The van der Waals surface area contributed by atoms with Crippen LogP contribution in [-0.4, -0.2) is 47.0 Å². The van der Waals surface area contributed by atoms with Crippen LogP contribution in [0.3, 0.4) is 0 Å². The van der Waals surface area contributed by atoms with Crippen LogP contribution in [0, 0.1) is 0 Å². The zero-order valence-electron chi connectivity index (χ0n) is 15.4. The normalized spacial score (nSPS) is 18.0. The molecule has 0 bridgehead atoms. The highest BCUT2D eigenvalue weighted by atomic mass is 35.5. The number of likely N-dealkylation sites (tertiary alicyclic amines) is 1. The Balaban J connectivity index is 2.07. The summed E-state index contributed by atoms with van der Waals surface area (Å²) in [5.74, 6) is -0.0643. The van der Waals surface area contributed by atoms with Crippen molar-refractivity contribution in [2.45, 2.75) is 58.2 Å². The summed E-state index contributed by atoms with van der Waals surface area (Å²) < 4.78 is 5.47. The summed E-state index contributed by atoms with van der Waals surface area (Å²) in [7, 11) is 1.76. The van der Waals surface area contributed by atoms with Gasteiger partial charge in [-0.05, 0) is 57.7 Å². The molecule has 1 aromatic rings. The minimum atomic E-state index is -0.575. The Labute approximate surface area is 154 Å². The molecule has 1 fully saturated rings. The van der Waals surface area contributed by atoms with Crippen molar-refractivity contribution in [2.75, 3.05) is 13.6 Å². The summed E-state index contributed by atoms with van der Waals surface area (Å²) in [6.45, 7) is 6.50. The maximum Gasteiger partial charge on any atom is 0.410 e. The minimum absolute atomic E-state index is 0.0643. The van der Waals surface area contributed by atoms with E-state index in [2.05, 4.69) is 0 Å². The van der Waals surface area contributed by atoms with Crippen molar-refractivity contribution < 1.29 is 14.3 Å². The summed E-state index contributed by atoms with van der Waals surface area (Å²) >= 11 is 6.01. The molecule has 1 saturated heterocycles. The number of hydrogen-bond donors (Lipinski definition) is 0. The van der Waals surface area contributed by atoms with E-state index >= 15 is 0 Å². The lowest BCUT2D eigenvalue weighted by Gasteiger charge is -2.37. The molecule has 1 aromatic carbocycles.